The zero-order valence-electron chi connectivity index (χ0n) is 9.79. The van der Waals surface area contributed by atoms with Gasteiger partial charge in [0.2, 0.25) is 0 Å². The molecule has 0 saturated carbocycles. The van der Waals surface area contributed by atoms with E-state index < -0.39 is 0 Å². The Morgan fingerprint density at radius 3 is 3.19 bits per heavy atom. The highest BCUT2D eigenvalue weighted by molar-refractivity contribution is 7.09. The van der Waals surface area contributed by atoms with Crippen LogP contribution in [0.15, 0.2) is 5.38 Å². The first-order valence-corrected chi connectivity index (χ1v) is 7.38. The Labute approximate surface area is 107 Å². The second kappa shape index (κ2) is 5.99. The second-order valence-electron chi connectivity index (χ2n) is 4.60. The zero-order valence-corrected chi connectivity index (χ0v) is 11.4. The van der Waals surface area contributed by atoms with Crippen LogP contribution in [0.4, 0.5) is 0 Å². The number of aryl methyl sites for hydroxylation is 1. The molecule has 2 heterocycles. The Kier molecular flexibility index (Phi) is 4.62. The van der Waals surface area contributed by atoms with Crippen LogP contribution in [0.2, 0.25) is 0 Å². The second-order valence-corrected chi connectivity index (χ2v) is 5.92. The maximum Gasteiger partial charge on any atom is 0.107 e. The summed E-state index contributed by atoms with van der Waals surface area (Å²) in [7, 11) is 0. The van der Waals surface area contributed by atoms with Gasteiger partial charge in [0.05, 0.1) is 6.54 Å². The van der Waals surface area contributed by atoms with E-state index in [1.54, 1.807) is 11.3 Å². The van der Waals surface area contributed by atoms with Crippen LogP contribution in [0.5, 0.6) is 0 Å². The molecular formula is C12H19ClN2S. The fraction of sp³-hybridized carbons (Fsp3) is 0.750. The maximum atomic E-state index is 5.82. The van der Waals surface area contributed by atoms with E-state index in [-0.39, 0.29) is 0 Å². The summed E-state index contributed by atoms with van der Waals surface area (Å²) >= 11 is 7.60. The number of hydrogen-bond donors (Lipinski definition) is 0. The van der Waals surface area contributed by atoms with Crippen LogP contribution in [-0.4, -0.2) is 28.9 Å². The van der Waals surface area contributed by atoms with E-state index in [9.17, 15) is 0 Å². The summed E-state index contributed by atoms with van der Waals surface area (Å²) in [5.41, 5.74) is 1.15. The lowest BCUT2D eigenvalue weighted by Crippen LogP contribution is -2.35. The number of thiazole rings is 1. The van der Waals surface area contributed by atoms with E-state index in [4.69, 9.17) is 11.6 Å². The lowest BCUT2D eigenvalue weighted by Gasteiger charge is -2.31. The molecule has 0 spiro atoms. The standard InChI is InChI=1S/C12H19ClN2S/c1-10-9-16-12(14-10)8-15-6-2-3-11(7-15)4-5-13/h9,11H,2-8H2,1H3. The van der Waals surface area contributed by atoms with Crippen LogP contribution in [0, 0.1) is 12.8 Å². The summed E-state index contributed by atoms with van der Waals surface area (Å²) in [6, 6.07) is 0. The van der Waals surface area contributed by atoms with E-state index >= 15 is 0 Å². The van der Waals surface area contributed by atoms with Crippen molar-refractivity contribution < 1.29 is 0 Å². The molecule has 0 aromatic carbocycles. The van der Waals surface area contributed by atoms with E-state index in [1.807, 2.05) is 0 Å². The van der Waals surface area contributed by atoms with Crippen LogP contribution in [0.1, 0.15) is 30.0 Å². The summed E-state index contributed by atoms with van der Waals surface area (Å²) in [5.74, 6) is 1.60. The predicted octanol–water partition coefficient (Wildman–Crippen LogP) is 3.29. The molecule has 0 radical (unpaired) electrons. The number of aromatic nitrogens is 1. The Morgan fingerprint density at radius 2 is 2.50 bits per heavy atom. The Balaban J connectivity index is 1.85. The molecule has 4 heteroatoms. The lowest BCUT2D eigenvalue weighted by atomic mass is 9.96. The Bertz CT molecular complexity index is 325. The first kappa shape index (κ1) is 12.3. The third-order valence-corrected chi connectivity index (χ3v) is 4.32. The molecule has 1 saturated heterocycles. The average Bonchev–Trinajstić information content (AvgIpc) is 2.65. The van der Waals surface area contributed by atoms with Gasteiger partial charge in [0.25, 0.3) is 0 Å². The molecular weight excluding hydrogens is 240 g/mol. The molecule has 1 fully saturated rings. The van der Waals surface area contributed by atoms with E-state index in [0.717, 1.165) is 30.5 Å². The van der Waals surface area contributed by atoms with Crippen molar-refractivity contribution in [2.45, 2.75) is 32.7 Å². The van der Waals surface area contributed by atoms with Crippen LogP contribution < -0.4 is 0 Å². The number of likely N-dealkylation sites (tertiary alicyclic amines) is 1. The monoisotopic (exact) mass is 258 g/mol. The molecule has 0 N–H and O–H groups in total. The summed E-state index contributed by atoms with van der Waals surface area (Å²) in [6.45, 7) is 5.51. The van der Waals surface area contributed by atoms with Gasteiger partial charge in [0, 0.05) is 23.5 Å². The van der Waals surface area contributed by atoms with Gasteiger partial charge in [0.1, 0.15) is 5.01 Å². The van der Waals surface area contributed by atoms with Gasteiger partial charge in [-0.2, -0.15) is 0 Å². The Morgan fingerprint density at radius 1 is 1.62 bits per heavy atom. The van der Waals surface area contributed by atoms with E-state index in [2.05, 4.69) is 22.2 Å². The molecule has 1 aromatic heterocycles. The normalized spacial score (nSPS) is 22.5. The predicted molar refractivity (Wildman–Crippen MR) is 70.2 cm³/mol. The van der Waals surface area contributed by atoms with Crippen molar-refractivity contribution in [3.8, 4) is 0 Å². The van der Waals surface area contributed by atoms with Gasteiger partial charge in [-0.05, 0) is 38.6 Å². The van der Waals surface area contributed by atoms with E-state index in [1.165, 1.54) is 30.9 Å². The minimum absolute atomic E-state index is 0.798. The smallest absolute Gasteiger partial charge is 0.107 e. The molecule has 0 aliphatic carbocycles. The van der Waals surface area contributed by atoms with Crippen molar-refractivity contribution in [3.63, 3.8) is 0 Å². The van der Waals surface area contributed by atoms with Crippen LogP contribution >= 0.6 is 22.9 Å². The minimum atomic E-state index is 0.798. The number of nitrogens with zero attached hydrogens (tertiary/aromatic N) is 2. The number of hydrogen-bond acceptors (Lipinski definition) is 3. The van der Waals surface area contributed by atoms with Crippen molar-refractivity contribution in [2.75, 3.05) is 19.0 Å². The first-order chi connectivity index (χ1) is 7.78. The number of piperidine rings is 1. The summed E-state index contributed by atoms with van der Waals surface area (Å²) < 4.78 is 0. The molecule has 1 aromatic rings. The third-order valence-electron chi connectivity index (χ3n) is 3.15. The van der Waals surface area contributed by atoms with Crippen molar-refractivity contribution in [3.05, 3.63) is 16.1 Å². The zero-order chi connectivity index (χ0) is 11.4. The largest absolute Gasteiger partial charge is 0.296 e. The highest BCUT2D eigenvalue weighted by Gasteiger charge is 2.19. The summed E-state index contributed by atoms with van der Waals surface area (Å²) in [4.78, 5) is 7.05. The fourth-order valence-electron chi connectivity index (χ4n) is 2.35. The molecule has 2 nitrogen and oxygen atoms in total. The molecule has 16 heavy (non-hydrogen) atoms. The van der Waals surface area contributed by atoms with Gasteiger partial charge >= 0.3 is 0 Å². The highest BCUT2D eigenvalue weighted by Crippen LogP contribution is 2.22. The van der Waals surface area contributed by atoms with Gasteiger partial charge in [0.15, 0.2) is 0 Å². The Hall–Kier alpha value is -0.120. The van der Waals surface area contributed by atoms with Gasteiger partial charge in [-0.15, -0.1) is 22.9 Å². The highest BCUT2D eigenvalue weighted by atomic mass is 35.5. The molecule has 1 aliphatic heterocycles. The molecule has 1 unspecified atom stereocenters. The van der Waals surface area contributed by atoms with Gasteiger partial charge in [-0.25, -0.2) is 4.98 Å². The molecule has 1 atom stereocenters. The topological polar surface area (TPSA) is 16.1 Å². The quantitative estimate of drug-likeness (QED) is 0.771. The minimum Gasteiger partial charge on any atom is -0.296 e. The molecule has 0 bridgehead atoms. The number of alkyl halides is 1. The maximum absolute atomic E-state index is 5.82. The molecule has 0 amide bonds. The number of rotatable bonds is 4. The first-order valence-electron chi connectivity index (χ1n) is 5.97. The molecule has 2 rings (SSSR count). The average molecular weight is 259 g/mol. The van der Waals surface area contributed by atoms with E-state index in [0.29, 0.717) is 0 Å². The van der Waals surface area contributed by atoms with Crippen LogP contribution in [0.25, 0.3) is 0 Å². The van der Waals surface area contributed by atoms with Gasteiger partial charge < -0.3 is 0 Å². The third kappa shape index (κ3) is 3.44. The SMILES string of the molecule is Cc1csc(CN2CCCC(CCCl)C2)n1. The van der Waals surface area contributed by atoms with Crippen LogP contribution in [0.3, 0.4) is 0 Å². The molecule has 1 aliphatic rings. The van der Waals surface area contributed by atoms with Crippen molar-refractivity contribution in [1.82, 2.24) is 9.88 Å². The van der Waals surface area contributed by atoms with Gasteiger partial charge in [-0.1, -0.05) is 0 Å². The van der Waals surface area contributed by atoms with Crippen molar-refractivity contribution >= 4 is 22.9 Å². The van der Waals surface area contributed by atoms with Crippen molar-refractivity contribution in [1.29, 1.82) is 0 Å². The van der Waals surface area contributed by atoms with Gasteiger partial charge in [-0.3, -0.25) is 4.90 Å². The van der Waals surface area contributed by atoms with Crippen LogP contribution in [-0.2, 0) is 6.54 Å². The number of halogens is 1. The lowest BCUT2D eigenvalue weighted by molar-refractivity contribution is 0.165. The summed E-state index contributed by atoms with van der Waals surface area (Å²) in [6.07, 6.45) is 3.82. The summed E-state index contributed by atoms with van der Waals surface area (Å²) in [5, 5.41) is 3.39. The van der Waals surface area contributed by atoms with Crippen molar-refractivity contribution in [2.24, 2.45) is 5.92 Å². The molecule has 90 valence electrons. The fourth-order valence-corrected chi connectivity index (χ4v) is 3.47.